The SMILES string of the molecule is N=C(CC(=O)c1ccccc1CNC(=O)C(=O)NCC#Cc1nccs1)CC1(c2cc(Cl)cc(-c3ccccc3F)c2)CC1. The average Bonchev–Trinajstić information content (AvgIpc) is 3.60. The van der Waals surface area contributed by atoms with Crippen LogP contribution in [0.4, 0.5) is 4.39 Å². The van der Waals surface area contributed by atoms with Crippen molar-refractivity contribution in [3.05, 3.63) is 111 Å². The lowest BCUT2D eigenvalue weighted by molar-refractivity contribution is -0.139. The number of benzene rings is 3. The summed E-state index contributed by atoms with van der Waals surface area (Å²) in [6.45, 7) is -0.0400. The maximum absolute atomic E-state index is 14.5. The maximum Gasteiger partial charge on any atom is 0.310 e. The van der Waals surface area contributed by atoms with Gasteiger partial charge in [-0.25, -0.2) is 9.37 Å². The Labute approximate surface area is 263 Å². The Morgan fingerprint density at radius 3 is 2.52 bits per heavy atom. The fourth-order valence-corrected chi connectivity index (χ4v) is 5.78. The van der Waals surface area contributed by atoms with Crippen molar-refractivity contribution in [1.82, 2.24) is 15.6 Å². The molecule has 2 amide bonds. The van der Waals surface area contributed by atoms with Gasteiger partial charge in [0.2, 0.25) is 0 Å². The highest BCUT2D eigenvalue weighted by Gasteiger charge is 2.45. The molecule has 1 heterocycles. The highest BCUT2D eigenvalue weighted by Crippen LogP contribution is 2.52. The number of hydrogen-bond acceptors (Lipinski definition) is 6. The molecule has 0 radical (unpaired) electrons. The van der Waals surface area contributed by atoms with E-state index in [1.807, 2.05) is 12.1 Å². The minimum atomic E-state index is -0.844. The first-order valence-electron chi connectivity index (χ1n) is 13.9. The van der Waals surface area contributed by atoms with Crippen LogP contribution < -0.4 is 10.6 Å². The fourth-order valence-electron chi connectivity index (χ4n) is 5.04. The molecule has 10 heteroatoms. The van der Waals surface area contributed by atoms with Crippen molar-refractivity contribution in [2.24, 2.45) is 0 Å². The molecule has 1 aliphatic carbocycles. The van der Waals surface area contributed by atoms with Crippen molar-refractivity contribution in [3.63, 3.8) is 0 Å². The molecule has 4 aromatic rings. The third-order valence-corrected chi connectivity index (χ3v) is 8.31. The predicted molar refractivity (Wildman–Crippen MR) is 169 cm³/mol. The van der Waals surface area contributed by atoms with Gasteiger partial charge >= 0.3 is 11.8 Å². The van der Waals surface area contributed by atoms with Gasteiger partial charge in [0, 0.05) is 51.8 Å². The first-order valence-corrected chi connectivity index (χ1v) is 15.2. The van der Waals surface area contributed by atoms with E-state index in [2.05, 4.69) is 27.5 Å². The predicted octanol–water partition coefficient (Wildman–Crippen LogP) is 6.10. The molecule has 3 N–H and O–H groups in total. The molecule has 0 saturated heterocycles. The Balaban J connectivity index is 1.18. The first kappa shape index (κ1) is 30.8. The number of rotatable bonds is 10. The number of carbonyl (C=O) groups excluding carboxylic acids is 3. The summed E-state index contributed by atoms with van der Waals surface area (Å²) < 4.78 is 14.5. The van der Waals surface area contributed by atoms with Crippen molar-refractivity contribution >= 4 is 46.2 Å². The number of Topliss-reactive ketones (excluding diaryl/α,β-unsaturated/α-hetero) is 1. The molecule has 0 aliphatic heterocycles. The Kier molecular flexibility index (Phi) is 9.63. The summed E-state index contributed by atoms with van der Waals surface area (Å²) in [5.41, 5.74) is 2.93. The van der Waals surface area contributed by atoms with Gasteiger partial charge in [-0.15, -0.1) is 11.3 Å². The number of thiazole rings is 1. The van der Waals surface area contributed by atoms with E-state index < -0.39 is 11.8 Å². The molecule has 1 aromatic heterocycles. The van der Waals surface area contributed by atoms with Crippen LogP contribution in [0.2, 0.25) is 5.02 Å². The molecule has 0 spiro atoms. The van der Waals surface area contributed by atoms with Crippen LogP contribution in [-0.2, 0) is 21.5 Å². The van der Waals surface area contributed by atoms with Gasteiger partial charge in [0.1, 0.15) is 5.82 Å². The van der Waals surface area contributed by atoms with Crippen LogP contribution in [0, 0.1) is 23.1 Å². The lowest BCUT2D eigenvalue weighted by Crippen LogP contribution is -2.39. The molecule has 0 atom stereocenters. The van der Waals surface area contributed by atoms with Gasteiger partial charge in [0.25, 0.3) is 0 Å². The number of ketones is 1. The van der Waals surface area contributed by atoms with Crippen LogP contribution in [0.15, 0.2) is 78.3 Å². The summed E-state index contributed by atoms with van der Waals surface area (Å²) in [7, 11) is 0. The summed E-state index contributed by atoms with van der Waals surface area (Å²) in [6, 6.07) is 18.8. The average molecular weight is 627 g/mol. The summed E-state index contributed by atoms with van der Waals surface area (Å²) in [5, 5.41) is 16.6. The Morgan fingerprint density at radius 1 is 1.02 bits per heavy atom. The monoisotopic (exact) mass is 626 g/mol. The molecule has 3 aromatic carbocycles. The third-order valence-electron chi connectivity index (χ3n) is 7.40. The highest BCUT2D eigenvalue weighted by molar-refractivity contribution is 7.10. The van der Waals surface area contributed by atoms with Gasteiger partial charge in [0.05, 0.1) is 6.54 Å². The second-order valence-corrected chi connectivity index (χ2v) is 11.9. The van der Waals surface area contributed by atoms with E-state index in [9.17, 15) is 18.8 Å². The van der Waals surface area contributed by atoms with Crippen LogP contribution >= 0.6 is 22.9 Å². The van der Waals surface area contributed by atoms with E-state index in [1.165, 1.54) is 17.4 Å². The number of carbonyl (C=O) groups is 3. The number of hydrogen-bond donors (Lipinski definition) is 3. The van der Waals surface area contributed by atoms with Crippen molar-refractivity contribution in [1.29, 1.82) is 5.41 Å². The molecule has 7 nitrogen and oxygen atoms in total. The minimum Gasteiger partial charge on any atom is -0.344 e. The largest absolute Gasteiger partial charge is 0.344 e. The van der Waals surface area contributed by atoms with Crippen LogP contribution in [-0.4, -0.2) is 34.8 Å². The second kappa shape index (κ2) is 13.8. The van der Waals surface area contributed by atoms with E-state index in [1.54, 1.807) is 60.1 Å². The zero-order valence-electron chi connectivity index (χ0n) is 23.6. The zero-order chi connectivity index (χ0) is 31.1. The summed E-state index contributed by atoms with van der Waals surface area (Å²) in [4.78, 5) is 41.8. The zero-order valence-corrected chi connectivity index (χ0v) is 25.2. The minimum absolute atomic E-state index is 0.00977. The fraction of sp³-hybridized carbons (Fsp3) is 0.206. The van der Waals surface area contributed by atoms with E-state index in [4.69, 9.17) is 17.0 Å². The van der Waals surface area contributed by atoms with E-state index in [0.29, 0.717) is 38.7 Å². The molecule has 0 bridgehead atoms. The molecule has 0 unspecified atom stereocenters. The van der Waals surface area contributed by atoms with Crippen molar-refractivity contribution in [2.75, 3.05) is 6.54 Å². The Bertz CT molecular complexity index is 1790. The number of halogens is 2. The second-order valence-electron chi connectivity index (χ2n) is 10.5. The standard InChI is InChI=1S/C34H28ClFN4O3S/c35-25-17-23(27-7-3-4-9-29(27)36)16-24(18-25)34(11-12-34)20-26(37)19-30(41)28-8-2-1-6-22(28)21-40-33(43)32(42)39-13-5-10-31-38-14-15-44-31/h1-4,6-9,14-18,37H,11-13,19-21H2,(H,39,42)(H,40,43). The first-order chi connectivity index (χ1) is 21.2. The van der Waals surface area contributed by atoms with Gasteiger partial charge in [-0.1, -0.05) is 66.1 Å². The molecule has 1 saturated carbocycles. The quantitative estimate of drug-likeness (QED) is 0.0854. The Hall–Kier alpha value is -4.65. The van der Waals surface area contributed by atoms with Crippen molar-refractivity contribution in [2.45, 2.75) is 37.6 Å². The van der Waals surface area contributed by atoms with Gasteiger partial charge in [0.15, 0.2) is 10.8 Å². The normalized spacial score (nSPS) is 12.9. The number of amides is 2. The molecular formula is C34H28ClFN4O3S. The van der Waals surface area contributed by atoms with E-state index >= 15 is 0 Å². The summed E-state index contributed by atoms with van der Waals surface area (Å²) >= 11 is 7.81. The molecule has 222 valence electrons. The van der Waals surface area contributed by atoms with E-state index in [-0.39, 0.29) is 42.2 Å². The smallest absolute Gasteiger partial charge is 0.310 e. The van der Waals surface area contributed by atoms with Crippen LogP contribution in [0.5, 0.6) is 0 Å². The lowest BCUT2D eigenvalue weighted by Gasteiger charge is -2.18. The molecule has 5 rings (SSSR count). The van der Waals surface area contributed by atoms with Crippen LogP contribution in [0.3, 0.4) is 0 Å². The molecule has 1 aliphatic rings. The summed E-state index contributed by atoms with van der Waals surface area (Å²) in [6.07, 6.45) is 3.58. The topological polar surface area (TPSA) is 112 Å². The number of nitrogens with one attached hydrogen (secondary N) is 3. The van der Waals surface area contributed by atoms with Crippen LogP contribution in [0.25, 0.3) is 11.1 Å². The number of aromatic nitrogens is 1. The van der Waals surface area contributed by atoms with Gasteiger partial charge in [-0.3, -0.25) is 14.4 Å². The number of nitrogens with zero attached hydrogens (tertiary/aromatic N) is 1. The van der Waals surface area contributed by atoms with Crippen molar-refractivity contribution in [3.8, 4) is 23.0 Å². The van der Waals surface area contributed by atoms with E-state index in [0.717, 1.165) is 18.4 Å². The molecule has 1 fully saturated rings. The summed E-state index contributed by atoms with van der Waals surface area (Å²) in [5.74, 6) is 3.25. The third kappa shape index (κ3) is 7.64. The maximum atomic E-state index is 14.5. The van der Waals surface area contributed by atoms with Gasteiger partial charge in [-0.2, -0.15) is 0 Å². The molecular weight excluding hydrogens is 599 g/mol. The molecule has 44 heavy (non-hydrogen) atoms. The highest BCUT2D eigenvalue weighted by atomic mass is 35.5. The van der Waals surface area contributed by atoms with Gasteiger partial charge in [-0.05, 0) is 60.1 Å². The van der Waals surface area contributed by atoms with Gasteiger partial charge < -0.3 is 16.0 Å². The van der Waals surface area contributed by atoms with Crippen molar-refractivity contribution < 1.29 is 18.8 Å². The Morgan fingerprint density at radius 2 is 1.77 bits per heavy atom. The lowest BCUT2D eigenvalue weighted by atomic mass is 9.86. The van der Waals surface area contributed by atoms with Crippen LogP contribution in [0.1, 0.15) is 52.2 Å².